The van der Waals surface area contributed by atoms with Gasteiger partial charge in [-0.25, -0.2) is 9.78 Å². The van der Waals surface area contributed by atoms with Crippen molar-refractivity contribution in [3.8, 4) is 11.3 Å². The van der Waals surface area contributed by atoms with Crippen molar-refractivity contribution in [2.75, 3.05) is 5.32 Å². The summed E-state index contributed by atoms with van der Waals surface area (Å²) in [6, 6.07) is 14.5. The smallest absolute Gasteiger partial charge is 0.338 e. The fourth-order valence-electron chi connectivity index (χ4n) is 2.65. The number of carbonyl (C=O) groups is 2. The lowest BCUT2D eigenvalue weighted by atomic mass is 10.2. The summed E-state index contributed by atoms with van der Waals surface area (Å²) in [6.45, 7) is 1.51. The van der Waals surface area contributed by atoms with Crippen LogP contribution in [0.15, 0.2) is 66.3 Å². The van der Waals surface area contributed by atoms with E-state index in [1.165, 1.54) is 18.3 Å². The van der Waals surface area contributed by atoms with E-state index in [0.717, 1.165) is 11.3 Å². The third kappa shape index (κ3) is 4.27. The summed E-state index contributed by atoms with van der Waals surface area (Å²) in [5, 5.41) is 4.99. The fraction of sp³-hybridized carbons (Fsp3) is 0.0952. The van der Waals surface area contributed by atoms with Crippen LogP contribution < -0.4 is 5.32 Å². The summed E-state index contributed by atoms with van der Waals surface area (Å²) >= 11 is 1.31. The highest BCUT2D eigenvalue weighted by Crippen LogP contribution is 2.24. The molecule has 2 heterocycles. The number of anilines is 1. The average Bonchev–Trinajstić information content (AvgIpc) is 3.22. The molecule has 0 spiro atoms. The molecule has 0 saturated heterocycles. The van der Waals surface area contributed by atoms with E-state index < -0.39 is 18.0 Å². The predicted molar refractivity (Wildman–Crippen MR) is 111 cm³/mol. The number of thiazole rings is 1. The Morgan fingerprint density at radius 3 is 2.59 bits per heavy atom. The maximum absolute atomic E-state index is 12.4. The molecular formula is C21H16N4O3S. The van der Waals surface area contributed by atoms with Gasteiger partial charge in [0.15, 0.2) is 11.2 Å². The van der Waals surface area contributed by atoms with Gasteiger partial charge >= 0.3 is 5.97 Å². The van der Waals surface area contributed by atoms with Crippen molar-refractivity contribution in [1.29, 1.82) is 0 Å². The maximum atomic E-state index is 12.4. The minimum absolute atomic E-state index is 0.304. The molecule has 29 heavy (non-hydrogen) atoms. The van der Waals surface area contributed by atoms with Crippen molar-refractivity contribution in [2.45, 2.75) is 13.0 Å². The highest BCUT2D eigenvalue weighted by Gasteiger charge is 2.20. The van der Waals surface area contributed by atoms with Gasteiger partial charge in [0.2, 0.25) is 0 Å². The van der Waals surface area contributed by atoms with Crippen LogP contribution in [0.2, 0.25) is 0 Å². The van der Waals surface area contributed by atoms with Gasteiger partial charge in [-0.05, 0) is 25.1 Å². The van der Waals surface area contributed by atoms with E-state index in [9.17, 15) is 9.59 Å². The molecule has 7 nitrogen and oxygen atoms in total. The van der Waals surface area contributed by atoms with Gasteiger partial charge in [-0.2, -0.15) is 0 Å². The van der Waals surface area contributed by atoms with E-state index in [1.54, 1.807) is 30.6 Å². The Hall–Kier alpha value is -3.65. The number of esters is 1. The lowest BCUT2D eigenvalue weighted by Gasteiger charge is -2.12. The molecule has 2 aromatic heterocycles. The van der Waals surface area contributed by atoms with Crippen molar-refractivity contribution < 1.29 is 14.3 Å². The normalized spacial score (nSPS) is 11.8. The van der Waals surface area contributed by atoms with Gasteiger partial charge in [-0.3, -0.25) is 20.1 Å². The quantitative estimate of drug-likeness (QED) is 0.507. The summed E-state index contributed by atoms with van der Waals surface area (Å²) in [6.07, 6.45) is 2.14. The Bertz CT molecular complexity index is 1180. The number of nitrogens with zero attached hydrogens (tertiary/aromatic N) is 3. The first kappa shape index (κ1) is 18.7. The van der Waals surface area contributed by atoms with Gasteiger partial charge in [0.25, 0.3) is 5.91 Å². The van der Waals surface area contributed by atoms with Gasteiger partial charge in [0.05, 0.1) is 22.3 Å². The molecule has 0 unspecified atom stereocenters. The zero-order valence-corrected chi connectivity index (χ0v) is 16.2. The van der Waals surface area contributed by atoms with Crippen LogP contribution in [0.1, 0.15) is 17.3 Å². The first-order valence-electron chi connectivity index (χ1n) is 8.84. The number of fused-ring (bicyclic) bond motifs is 1. The number of nitrogens with one attached hydrogen (secondary N) is 1. The summed E-state index contributed by atoms with van der Waals surface area (Å²) in [7, 11) is 0. The second-order valence-electron chi connectivity index (χ2n) is 6.20. The molecule has 8 heteroatoms. The minimum atomic E-state index is -0.982. The molecular weight excluding hydrogens is 388 g/mol. The minimum Gasteiger partial charge on any atom is -0.449 e. The number of ether oxygens (including phenoxy) is 1. The maximum Gasteiger partial charge on any atom is 0.338 e. The van der Waals surface area contributed by atoms with Crippen LogP contribution in [0.5, 0.6) is 0 Å². The standard InChI is InChI=1S/C21H16N4O3S/c1-13(28-20(27)15-7-8-16-17(11-15)23-10-9-22-16)19(26)25-21-24-18(12-29-21)14-5-3-2-4-6-14/h2-13H,1H3,(H,24,25,26)/t13-/m0/s1. The van der Waals surface area contributed by atoms with Crippen LogP contribution in [0, 0.1) is 0 Å². The van der Waals surface area contributed by atoms with E-state index in [0.29, 0.717) is 21.7 Å². The van der Waals surface area contributed by atoms with Gasteiger partial charge in [-0.1, -0.05) is 30.3 Å². The van der Waals surface area contributed by atoms with Crippen molar-refractivity contribution in [2.24, 2.45) is 0 Å². The summed E-state index contributed by atoms with van der Waals surface area (Å²) in [5.74, 6) is -1.06. The number of aromatic nitrogens is 3. The molecule has 1 amide bonds. The van der Waals surface area contributed by atoms with Crippen LogP contribution >= 0.6 is 11.3 Å². The van der Waals surface area contributed by atoms with E-state index in [-0.39, 0.29) is 0 Å². The van der Waals surface area contributed by atoms with E-state index in [1.807, 2.05) is 35.7 Å². The van der Waals surface area contributed by atoms with Crippen LogP contribution in [0.3, 0.4) is 0 Å². The molecule has 4 aromatic rings. The first-order valence-corrected chi connectivity index (χ1v) is 9.72. The van der Waals surface area contributed by atoms with Crippen molar-refractivity contribution in [3.05, 3.63) is 71.9 Å². The largest absolute Gasteiger partial charge is 0.449 e. The second-order valence-corrected chi connectivity index (χ2v) is 7.06. The Morgan fingerprint density at radius 2 is 1.79 bits per heavy atom. The average molecular weight is 404 g/mol. The molecule has 0 aliphatic heterocycles. The summed E-state index contributed by atoms with van der Waals surface area (Å²) in [5.41, 5.74) is 3.29. The van der Waals surface area contributed by atoms with Crippen LogP contribution in [-0.2, 0) is 9.53 Å². The van der Waals surface area contributed by atoms with Gasteiger partial charge in [0.1, 0.15) is 0 Å². The zero-order chi connectivity index (χ0) is 20.2. The molecule has 1 atom stereocenters. The van der Waals surface area contributed by atoms with Crippen molar-refractivity contribution in [1.82, 2.24) is 15.0 Å². The third-order valence-corrected chi connectivity index (χ3v) is 4.92. The number of hydrogen-bond acceptors (Lipinski definition) is 7. The van der Waals surface area contributed by atoms with Crippen molar-refractivity contribution in [3.63, 3.8) is 0 Å². The van der Waals surface area contributed by atoms with Gasteiger partial charge in [0, 0.05) is 23.3 Å². The first-order chi connectivity index (χ1) is 14.1. The number of hydrogen-bond donors (Lipinski definition) is 1. The Morgan fingerprint density at radius 1 is 1.03 bits per heavy atom. The number of rotatable bonds is 5. The summed E-state index contributed by atoms with van der Waals surface area (Å²) < 4.78 is 5.29. The molecule has 0 aliphatic rings. The topological polar surface area (TPSA) is 94.1 Å². The van der Waals surface area contributed by atoms with E-state index in [4.69, 9.17) is 4.74 Å². The predicted octanol–water partition coefficient (Wildman–Crippen LogP) is 3.94. The Kier molecular flexibility index (Phi) is 5.26. The van der Waals surface area contributed by atoms with Gasteiger partial charge < -0.3 is 4.74 Å². The fourth-order valence-corrected chi connectivity index (χ4v) is 3.37. The van der Waals surface area contributed by atoms with Crippen LogP contribution in [0.4, 0.5) is 5.13 Å². The molecule has 2 aromatic carbocycles. The number of carbonyl (C=O) groups excluding carboxylic acids is 2. The molecule has 4 rings (SSSR count). The highest BCUT2D eigenvalue weighted by molar-refractivity contribution is 7.14. The SMILES string of the molecule is C[C@H](OC(=O)c1ccc2nccnc2c1)C(=O)Nc1nc(-c2ccccc2)cs1. The molecule has 0 fully saturated rings. The monoisotopic (exact) mass is 404 g/mol. The third-order valence-electron chi connectivity index (χ3n) is 4.16. The molecule has 0 radical (unpaired) electrons. The molecule has 1 N–H and O–H groups in total. The second kappa shape index (κ2) is 8.15. The van der Waals surface area contributed by atoms with Gasteiger partial charge in [-0.15, -0.1) is 11.3 Å². The summed E-state index contributed by atoms with van der Waals surface area (Å²) in [4.78, 5) is 37.5. The van der Waals surface area contributed by atoms with E-state index in [2.05, 4.69) is 20.3 Å². The molecule has 0 bridgehead atoms. The van der Waals surface area contributed by atoms with Crippen LogP contribution in [-0.4, -0.2) is 32.9 Å². The zero-order valence-electron chi connectivity index (χ0n) is 15.4. The lowest BCUT2D eigenvalue weighted by Crippen LogP contribution is -2.30. The Labute approximate surface area is 170 Å². The molecule has 144 valence electrons. The highest BCUT2D eigenvalue weighted by atomic mass is 32.1. The number of benzene rings is 2. The lowest BCUT2D eigenvalue weighted by molar-refractivity contribution is -0.123. The van der Waals surface area contributed by atoms with Crippen molar-refractivity contribution >= 4 is 39.4 Å². The van der Waals surface area contributed by atoms with E-state index >= 15 is 0 Å². The Balaban J connectivity index is 1.40. The molecule has 0 saturated carbocycles. The number of amides is 1. The van der Waals surface area contributed by atoms with Crippen LogP contribution in [0.25, 0.3) is 22.3 Å². The molecule has 0 aliphatic carbocycles.